The molecule has 5 nitrogen and oxygen atoms in total. The maximum absolute atomic E-state index is 13.3. The van der Waals surface area contributed by atoms with Crippen LogP contribution in [0.5, 0.6) is 0 Å². The number of hydrogen-bond acceptors (Lipinski definition) is 2. The van der Waals surface area contributed by atoms with Crippen LogP contribution in [0.25, 0.3) is 11.0 Å². The molecule has 136 valence electrons. The fourth-order valence-electron chi connectivity index (χ4n) is 3.03. The Labute approximate surface area is 155 Å². The molecule has 0 fully saturated rings. The Balaban J connectivity index is 1.82. The molecule has 0 bridgehead atoms. The summed E-state index contributed by atoms with van der Waals surface area (Å²) in [5.41, 5.74) is 1.98. The first-order valence-corrected chi connectivity index (χ1v) is 8.72. The molecule has 0 spiro atoms. The zero-order valence-electron chi connectivity index (χ0n) is 14.5. The third-order valence-corrected chi connectivity index (χ3v) is 4.65. The minimum Gasteiger partial charge on any atom is -0.348 e. The molecule has 7 heteroatoms. The van der Waals surface area contributed by atoms with E-state index in [1.165, 1.54) is 16.7 Å². The lowest BCUT2D eigenvalue weighted by molar-refractivity contribution is -0.122. The minimum absolute atomic E-state index is 0.00540. The van der Waals surface area contributed by atoms with Crippen molar-refractivity contribution < 1.29 is 9.18 Å². The van der Waals surface area contributed by atoms with Crippen LogP contribution in [0.1, 0.15) is 25.5 Å². The number of carbonyl (C=O) groups excluding carboxylic acids is 1. The van der Waals surface area contributed by atoms with Crippen LogP contribution in [0.15, 0.2) is 47.3 Å². The fourth-order valence-corrected chi connectivity index (χ4v) is 3.22. The highest BCUT2D eigenvalue weighted by atomic mass is 35.5. The molecule has 3 aromatic rings. The van der Waals surface area contributed by atoms with Crippen LogP contribution in [-0.4, -0.2) is 15.0 Å². The van der Waals surface area contributed by atoms with E-state index in [0.717, 1.165) is 5.52 Å². The number of benzene rings is 2. The summed E-state index contributed by atoms with van der Waals surface area (Å²) in [5.74, 6) is -0.813. The van der Waals surface area contributed by atoms with Gasteiger partial charge < -0.3 is 5.32 Å². The zero-order valence-corrected chi connectivity index (χ0v) is 15.3. The number of aromatic nitrogens is 2. The monoisotopic (exact) mass is 375 g/mol. The molecule has 0 saturated carbocycles. The number of carbonyl (C=O) groups is 1. The van der Waals surface area contributed by atoms with E-state index in [1.54, 1.807) is 17.6 Å². The third kappa shape index (κ3) is 3.37. The first-order valence-electron chi connectivity index (χ1n) is 8.34. The van der Waals surface area contributed by atoms with Gasteiger partial charge in [0.15, 0.2) is 0 Å². The van der Waals surface area contributed by atoms with Crippen LogP contribution in [0, 0.1) is 5.82 Å². The summed E-state index contributed by atoms with van der Waals surface area (Å²) in [6.07, 6.45) is 0. The van der Waals surface area contributed by atoms with Gasteiger partial charge in [-0.15, -0.1) is 0 Å². The van der Waals surface area contributed by atoms with E-state index in [9.17, 15) is 14.0 Å². The average molecular weight is 376 g/mol. The average Bonchev–Trinajstić information content (AvgIpc) is 2.88. The molecule has 1 unspecified atom stereocenters. The third-order valence-electron chi connectivity index (χ3n) is 4.36. The molecular formula is C19H19ClFN3O2. The number of hydrogen-bond donors (Lipinski definition) is 1. The first kappa shape index (κ1) is 18.2. The maximum Gasteiger partial charge on any atom is 0.329 e. The molecule has 0 aliphatic carbocycles. The van der Waals surface area contributed by atoms with Crippen molar-refractivity contribution in [1.29, 1.82) is 0 Å². The Morgan fingerprint density at radius 2 is 1.85 bits per heavy atom. The lowest BCUT2D eigenvalue weighted by Gasteiger charge is -2.15. The van der Waals surface area contributed by atoms with Crippen LogP contribution in [0.4, 0.5) is 4.39 Å². The Bertz CT molecular complexity index is 1030. The molecule has 0 aliphatic heterocycles. The number of imidazole rings is 1. The van der Waals surface area contributed by atoms with E-state index >= 15 is 0 Å². The Morgan fingerprint density at radius 1 is 1.19 bits per heavy atom. The highest BCUT2D eigenvalue weighted by Gasteiger charge is 2.16. The molecule has 0 saturated heterocycles. The molecule has 0 radical (unpaired) electrons. The second-order valence-electron chi connectivity index (χ2n) is 6.06. The van der Waals surface area contributed by atoms with Crippen molar-refractivity contribution in [2.45, 2.75) is 33.0 Å². The Hall–Kier alpha value is -2.60. The topological polar surface area (TPSA) is 56.0 Å². The van der Waals surface area contributed by atoms with Crippen molar-refractivity contribution in [3.05, 3.63) is 69.4 Å². The second kappa shape index (κ2) is 7.33. The second-order valence-corrected chi connectivity index (χ2v) is 6.47. The van der Waals surface area contributed by atoms with Crippen molar-refractivity contribution in [3.8, 4) is 0 Å². The van der Waals surface area contributed by atoms with Crippen LogP contribution < -0.4 is 11.0 Å². The van der Waals surface area contributed by atoms with E-state index in [0.29, 0.717) is 17.6 Å². The van der Waals surface area contributed by atoms with Crippen molar-refractivity contribution in [1.82, 2.24) is 14.5 Å². The van der Waals surface area contributed by atoms with Gasteiger partial charge in [-0.3, -0.25) is 13.9 Å². The normalized spacial score (nSPS) is 12.3. The Morgan fingerprint density at radius 3 is 2.46 bits per heavy atom. The van der Waals surface area contributed by atoms with Gasteiger partial charge in [-0.25, -0.2) is 9.18 Å². The maximum atomic E-state index is 13.3. The summed E-state index contributed by atoms with van der Waals surface area (Å²) in [4.78, 5) is 25.0. The number of aryl methyl sites for hydroxylation is 1. The number of amides is 1. The van der Waals surface area contributed by atoms with Gasteiger partial charge >= 0.3 is 5.69 Å². The van der Waals surface area contributed by atoms with Gasteiger partial charge in [0.2, 0.25) is 5.91 Å². The van der Waals surface area contributed by atoms with Crippen molar-refractivity contribution in [2.24, 2.45) is 0 Å². The van der Waals surface area contributed by atoms with Crippen molar-refractivity contribution >= 4 is 28.5 Å². The smallest absolute Gasteiger partial charge is 0.329 e. The molecule has 1 N–H and O–H groups in total. The predicted octanol–water partition coefficient (Wildman–Crippen LogP) is 3.49. The van der Waals surface area contributed by atoms with Gasteiger partial charge in [0, 0.05) is 6.54 Å². The van der Waals surface area contributed by atoms with Gasteiger partial charge in [0.1, 0.15) is 12.4 Å². The first-order chi connectivity index (χ1) is 12.4. The number of nitrogens with one attached hydrogen (secondary N) is 1. The molecule has 1 heterocycles. The van der Waals surface area contributed by atoms with E-state index in [1.807, 2.05) is 31.2 Å². The van der Waals surface area contributed by atoms with Crippen LogP contribution in [0.3, 0.4) is 0 Å². The molecule has 1 aromatic heterocycles. The predicted molar refractivity (Wildman–Crippen MR) is 99.8 cm³/mol. The van der Waals surface area contributed by atoms with Crippen LogP contribution in [0.2, 0.25) is 5.02 Å². The van der Waals surface area contributed by atoms with Crippen molar-refractivity contribution in [2.75, 3.05) is 0 Å². The molecule has 2 aromatic carbocycles. The number of para-hydroxylation sites is 2. The number of nitrogens with zero attached hydrogens (tertiary/aromatic N) is 2. The van der Waals surface area contributed by atoms with Crippen LogP contribution in [-0.2, 0) is 17.9 Å². The number of halogens is 2. The summed E-state index contributed by atoms with van der Waals surface area (Å²) in [7, 11) is 0. The fraction of sp³-hybridized carbons (Fsp3) is 0.263. The molecule has 0 aliphatic rings. The van der Waals surface area contributed by atoms with Gasteiger partial charge in [0.05, 0.1) is 22.1 Å². The molecule has 1 amide bonds. The van der Waals surface area contributed by atoms with E-state index < -0.39 is 5.82 Å². The molecule has 26 heavy (non-hydrogen) atoms. The van der Waals surface area contributed by atoms with E-state index in [-0.39, 0.29) is 29.2 Å². The van der Waals surface area contributed by atoms with E-state index in [4.69, 9.17) is 11.6 Å². The van der Waals surface area contributed by atoms with Crippen molar-refractivity contribution in [3.63, 3.8) is 0 Å². The highest BCUT2D eigenvalue weighted by Crippen LogP contribution is 2.20. The summed E-state index contributed by atoms with van der Waals surface area (Å²) in [6.45, 7) is 4.10. The quantitative estimate of drug-likeness (QED) is 0.742. The van der Waals surface area contributed by atoms with Gasteiger partial charge in [-0.05, 0) is 43.7 Å². The Kier molecular flexibility index (Phi) is 5.13. The summed E-state index contributed by atoms with van der Waals surface area (Å²) in [6, 6.07) is 11.3. The molecule has 1 atom stereocenters. The SMILES string of the molecule is CCn1c(=O)n(CC(=O)NC(C)c2ccc(F)c(Cl)c2)c2ccccc21. The van der Waals surface area contributed by atoms with Crippen LogP contribution >= 0.6 is 11.6 Å². The largest absolute Gasteiger partial charge is 0.348 e. The lowest BCUT2D eigenvalue weighted by atomic mass is 10.1. The molecule has 3 rings (SSSR count). The number of fused-ring (bicyclic) bond motifs is 1. The summed E-state index contributed by atoms with van der Waals surface area (Å²) in [5, 5.41) is 2.83. The lowest BCUT2D eigenvalue weighted by Crippen LogP contribution is -2.34. The standard InChI is InChI=1S/C19H19ClFN3O2/c1-3-23-16-6-4-5-7-17(16)24(19(23)26)11-18(25)22-12(2)13-8-9-15(21)14(20)10-13/h4-10,12H,3,11H2,1-2H3,(H,22,25). The number of rotatable bonds is 5. The summed E-state index contributed by atoms with van der Waals surface area (Å²) < 4.78 is 16.4. The highest BCUT2D eigenvalue weighted by molar-refractivity contribution is 6.30. The van der Waals surface area contributed by atoms with E-state index in [2.05, 4.69) is 5.32 Å². The van der Waals surface area contributed by atoms with Gasteiger partial charge in [-0.2, -0.15) is 0 Å². The van der Waals surface area contributed by atoms with Gasteiger partial charge in [-0.1, -0.05) is 29.8 Å². The molecular weight excluding hydrogens is 357 g/mol. The van der Waals surface area contributed by atoms with Gasteiger partial charge in [0.25, 0.3) is 0 Å². The minimum atomic E-state index is -0.507. The summed E-state index contributed by atoms with van der Waals surface area (Å²) >= 11 is 5.79. The zero-order chi connectivity index (χ0) is 18.8.